The largest absolute Gasteiger partial charge is 0.361 e. The summed E-state index contributed by atoms with van der Waals surface area (Å²) in [4.78, 5) is 22.7. The predicted molar refractivity (Wildman–Crippen MR) is 97.3 cm³/mol. The number of hydrogen-bond acceptors (Lipinski definition) is 3. The van der Waals surface area contributed by atoms with Gasteiger partial charge >= 0.3 is 0 Å². The van der Waals surface area contributed by atoms with E-state index in [-0.39, 0.29) is 5.91 Å². The zero-order valence-corrected chi connectivity index (χ0v) is 14.6. The second-order valence-corrected chi connectivity index (χ2v) is 7.38. The number of amides is 1. The minimum absolute atomic E-state index is 0.0743. The van der Waals surface area contributed by atoms with E-state index < -0.39 is 0 Å². The predicted octanol–water partition coefficient (Wildman–Crippen LogP) is 4.38. The van der Waals surface area contributed by atoms with Crippen LogP contribution in [0, 0.1) is 0 Å². The second kappa shape index (κ2) is 6.40. The number of aryl methyl sites for hydroxylation is 1. The van der Waals surface area contributed by atoms with Gasteiger partial charge in [0.25, 0.3) is 5.91 Å². The highest BCUT2D eigenvalue weighted by atomic mass is 32.1. The number of rotatable bonds is 6. The Morgan fingerprint density at radius 3 is 3.04 bits per heavy atom. The maximum Gasteiger partial charge on any atom is 0.273 e. The van der Waals surface area contributed by atoms with Crippen LogP contribution < -0.4 is 0 Å². The fourth-order valence-electron chi connectivity index (χ4n) is 3.04. The van der Waals surface area contributed by atoms with Gasteiger partial charge in [0.1, 0.15) is 5.69 Å². The van der Waals surface area contributed by atoms with Gasteiger partial charge in [-0.05, 0) is 54.8 Å². The lowest BCUT2D eigenvalue weighted by atomic mass is 10.1. The monoisotopic (exact) mass is 339 g/mol. The van der Waals surface area contributed by atoms with Crippen molar-refractivity contribution in [2.24, 2.45) is 0 Å². The molecule has 1 saturated carbocycles. The number of nitrogens with one attached hydrogen (secondary N) is 1. The highest BCUT2D eigenvalue weighted by molar-refractivity contribution is 7.09. The zero-order valence-electron chi connectivity index (χ0n) is 13.8. The maximum absolute atomic E-state index is 12.9. The minimum Gasteiger partial charge on any atom is -0.361 e. The number of benzene rings is 1. The molecule has 5 heteroatoms. The molecule has 0 aliphatic heterocycles. The Morgan fingerprint density at radius 1 is 1.38 bits per heavy atom. The number of nitrogens with zero attached hydrogens (tertiary/aromatic N) is 2. The lowest BCUT2D eigenvalue weighted by molar-refractivity contribution is 0.0724. The van der Waals surface area contributed by atoms with Crippen LogP contribution in [0.2, 0.25) is 0 Å². The van der Waals surface area contributed by atoms with Crippen LogP contribution in [0.4, 0.5) is 0 Å². The van der Waals surface area contributed by atoms with E-state index in [1.54, 1.807) is 11.3 Å². The number of aromatic nitrogens is 2. The third kappa shape index (κ3) is 3.08. The Labute approximate surface area is 145 Å². The van der Waals surface area contributed by atoms with E-state index in [4.69, 9.17) is 0 Å². The Bertz CT molecular complexity index is 862. The summed E-state index contributed by atoms with van der Waals surface area (Å²) in [6.45, 7) is 2.79. The van der Waals surface area contributed by atoms with Gasteiger partial charge in [-0.1, -0.05) is 13.0 Å². The first-order chi connectivity index (χ1) is 11.7. The number of hydrogen-bond donors (Lipinski definition) is 1. The lowest BCUT2D eigenvalue weighted by Crippen LogP contribution is -2.32. The fraction of sp³-hybridized carbons (Fsp3) is 0.368. The molecule has 0 saturated heterocycles. The first-order valence-electron chi connectivity index (χ1n) is 8.56. The maximum atomic E-state index is 12.9. The van der Waals surface area contributed by atoms with Crippen LogP contribution in [0.3, 0.4) is 0 Å². The van der Waals surface area contributed by atoms with Crippen LogP contribution >= 0.6 is 11.3 Å². The number of aromatic amines is 1. The molecule has 1 N–H and O–H groups in total. The molecule has 1 amide bonds. The molecule has 124 valence electrons. The van der Waals surface area contributed by atoms with Gasteiger partial charge in [0.2, 0.25) is 0 Å². The number of fused-ring (bicyclic) bond motifs is 1. The molecule has 0 bridgehead atoms. The van der Waals surface area contributed by atoms with Crippen LogP contribution in [-0.4, -0.2) is 26.8 Å². The molecule has 0 unspecified atom stereocenters. The molecule has 3 aromatic rings. The summed E-state index contributed by atoms with van der Waals surface area (Å²) in [5.41, 5.74) is 2.91. The molecule has 2 heterocycles. The van der Waals surface area contributed by atoms with E-state index in [2.05, 4.69) is 41.2 Å². The van der Waals surface area contributed by atoms with Gasteiger partial charge in [0.15, 0.2) is 0 Å². The highest BCUT2D eigenvalue weighted by Gasteiger charge is 2.34. The number of H-pyrrole nitrogens is 1. The van der Waals surface area contributed by atoms with Gasteiger partial charge in [-0.3, -0.25) is 4.79 Å². The Balaban J connectivity index is 1.55. The Morgan fingerprint density at radius 2 is 2.25 bits per heavy atom. The molecule has 1 aliphatic rings. The topological polar surface area (TPSA) is 49.0 Å². The Kier molecular flexibility index (Phi) is 4.10. The molecule has 2 aromatic heterocycles. The molecule has 24 heavy (non-hydrogen) atoms. The third-order valence-corrected chi connectivity index (χ3v) is 5.36. The summed E-state index contributed by atoms with van der Waals surface area (Å²) >= 11 is 1.60. The summed E-state index contributed by atoms with van der Waals surface area (Å²) in [5.74, 6) is 0.0743. The van der Waals surface area contributed by atoms with Crippen molar-refractivity contribution in [1.82, 2.24) is 14.9 Å². The molecular formula is C19H21N3OS. The minimum atomic E-state index is 0.0743. The van der Waals surface area contributed by atoms with Crippen molar-refractivity contribution in [3.8, 4) is 0 Å². The highest BCUT2D eigenvalue weighted by Crippen LogP contribution is 2.30. The van der Waals surface area contributed by atoms with Gasteiger partial charge in [-0.2, -0.15) is 0 Å². The van der Waals surface area contributed by atoms with Crippen molar-refractivity contribution in [3.63, 3.8) is 0 Å². The summed E-state index contributed by atoms with van der Waals surface area (Å²) in [7, 11) is 0. The normalized spacial score (nSPS) is 14.2. The van der Waals surface area contributed by atoms with Gasteiger partial charge in [-0.25, -0.2) is 4.98 Å². The van der Waals surface area contributed by atoms with E-state index in [1.165, 1.54) is 10.9 Å². The van der Waals surface area contributed by atoms with Crippen molar-refractivity contribution in [1.29, 1.82) is 0 Å². The molecule has 0 spiro atoms. The number of thiazole rings is 1. The van der Waals surface area contributed by atoms with Crippen molar-refractivity contribution >= 4 is 28.1 Å². The first-order valence-corrected chi connectivity index (χ1v) is 9.44. The zero-order chi connectivity index (χ0) is 16.5. The lowest BCUT2D eigenvalue weighted by Gasteiger charge is -2.21. The van der Waals surface area contributed by atoms with Crippen molar-refractivity contribution in [2.45, 2.75) is 45.2 Å². The van der Waals surface area contributed by atoms with Gasteiger partial charge in [0, 0.05) is 29.7 Å². The molecular weight excluding hydrogens is 318 g/mol. The average Bonchev–Trinajstić information content (AvgIpc) is 3.13. The van der Waals surface area contributed by atoms with E-state index in [0.717, 1.165) is 36.2 Å². The second-order valence-electron chi connectivity index (χ2n) is 6.44. The summed E-state index contributed by atoms with van der Waals surface area (Å²) in [6.07, 6.45) is 6.16. The number of carbonyl (C=O) groups is 1. The smallest absolute Gasteiger partial charge is 0.273 e. The quantitative estimate of drug-likeness (QED) is 0.724. The fourth-order valence-corrected chi connectivity index (χ4v) is 3.91. The van der Waals surface area contributed by atoms with Crippen LogP contribution in [0.1, 0.15) is 47.2 Å². The first kappa shape index (κ1) is 15.4. The van der Waals surface area contributed by atoms with Gasteiger partial charge in [-0.15, -0.1) is 11.3 Å². The van der Waals surface area contributed by atoms with Crippen LogP contribution in [0.15, 0.2) is 35.8 Å². The number of carbonyl (C=O) groups excluding carboxylic acids is 1. The molecule has 4 rings (SSSR count). The van der Waals surface area contributed by atoms with Gasteiger partial charge < -0.3 is 9.88 Å². The van der Waals surface area contributed by atoms with E-state index >= 15 is 0 Å². The van der Waals surface area contributed by atoms with E-state index in [1.807, 2.05) is 16.5 Å². The summed E-state index contributed by atoms with van der Waals surface area (Å²) < 4.78 is 0. The molecule has 0 radical (unpaired) electrons. The molecule has 4 nitrogen and oxygen atoms in total. The summed E-state index contributed by atoms with van der Waals surface area (Å²) in [5, 5.41) is 4.16. The molecule has 1 aromatic carbocycles. The summed E-state index contributed by atoms with van der Waals surface area (Å²) in [6, 6.07) is 8.79. The van der Waals surface area contributed by atoms with Crippen molar-refractivity contribution in [3.05, 3.63) is 52.1 Å². The van der Waals surface area contributed by atoms with Crippen LogP contribution in [-0.2, 0) is 13.0 Å². The standard InChI is InChI=1S/C19H21N3OS/c1-2-3-18-21-17(12-24-18)19(23)22(15-5-6-15)11-13-4-7-16-14(10-13)8-9-20-16/h4,7-10,12,15,20H,2-3,5-6,11H2,1H3. The van der Waals surface area contributed by atoms with Gasteiger partial charge in [0.05, 0.1) is 5.01 Å². The Hall–Kier alpha value is -2.14. The molecule has 1 fully saturated rings. The SMILES string of the molecule is CCCc1nc(C(=O)N(Cc2ccc3[nH]ccc3c2)C2CC2)cs1. The van der Waals surface area contributed by atoms with E-state index in [9.17, 15) is 4.79 Å². The van der Waals surface area contributed by atoms with Crippen LogP contribution in [0.5, 0.6) is 0 Å². The third-order valence-electron chi connectivity index (χ3n) is 4.45. The van der Waals surface area contributed by atoms with E-state index in [0.29, 0.717) is 18.3 Å². The molecule has 0 atom stereocenters. The average molecular weight is 339 g/mol. The van der Waals surface area contributed by atoms with Crippen molar-refractivity contribution in [2.75, 3.05) is 0 Å². The van der Waals surface area contributed by atoms with Crippen LogP contribution in [0.25, 0.3) is 10.9 Å². The van der Waals surface area contributed by atoms with Crippen molar-refractivity contribution < 1.29 is 4.79 Å². The molecule has 1 aliphatic carbocycles.